The van der Waals surface area contributed by atoms with Gasteiger partial charge in [0.15, 0.2) is 5.56 Å². The Morgan fingerprint density at radius 2 is 1.87 bits per heavy atom. The van der Waals surface area contributed by atoms with Gasteiger partial charge in [0.1, 0.15) is 11.5 Å². The highest BCUT2D eigenvalue weighted by Crippen LogP contribution is 2.43. The van der Waals surface area contributed by atoms with Crippen LogP contribution < -0.4 is 4.74 Å². The molecular formula is C18H25ClO4. The molecule has 2 unspecified atom stereocenters. The smallest absolute Gasteiger partial charge is 0.312 e. The molecule has 4 nitrogen and oxygen atoms in total. The number of hydrogen-bond acceptors (Lipinski definition) is 4. The average Bonchev–Trinajstić information content (AvgIpc) is 2.45. The highest BCUT2D eigenvalue weighted by atomic mass is 35.5. The molecule has 0 saturated carbocycles. The van der Waals surface area contributed by atoms with Crippen molar-refractivity contribution in [3.63, 3.8) is 0 Å². The van der Waals surface area contributed by atoms with Gasteiger partial charge in [-0.05, 0) is 46.2 Å². The Bertz CT molecular complexity index is 552. The Morgan fingerprint density at radius 1 is 1.26 bits per heavy atom. The van der Waals surface area contributed by atoms with Crippen LogP contribution in [0.15, 0.2) is 24.3 Å². The number of para-hydroxylation sites is 1. The maximum Gasteiger partial charge on any atom is 0.312 e. The summed E-state index contributed by atoms with van der Waals surface area (Å²) in [6, 6.07) is 7.35. The molecule has 1 aromatic rings. The minimum atomic E-state index is -0.864. The number of benzene rings is 1. The van der Waals surface area contributed by atoms with Crippen LogP contribution in [0.5, 0.6) is 5.75 Å². The molecule has 0 aliphatic carbocycles. The summed E-state index contributed by atoms with van der Waals surface area (Å²) in [5, 5.41) is 0. The molecule has 0 fully saturated rings. The third kappa shape index (κ3) is 5.24. The maximum atomic E-state index is 12.4. The van der Waals surface area contributed by atoms with Crippen molar-refractivity contribution in [1.82, 2.24) is 0 Å². The van der Waals surface area contributed by atoms with Crippen molar-refractivity contribution in [3.8, 4) is 5.75 Å². The number of rotatable bonds is 8. The predicted octanol–water partition coefficient (Wildman–Crippen LogP) is 4.30. The Hall–Kier alpha value is -1.55. The zero-order valence-electron chi connectivity index (χ0n) is 14.4. The molecule has 0 radical (unpaired) electrons. The van der Waals surface area contributed by atoms with Gasteiger partial charge in [0.25, 0.3) is 0 Å². The van der Waals surface area contributed by atoms with Gasteiger partial charge in [-0.1, -0.05) is 29.8 Å². The first-order valence-corrected chi connectivity index (χ1v) is 8.20. The summed E-state index contributed by atoms with van der Waals surface area (Å²) in [5.74, 6) is -0.106. The maximum absolute atomic E-state index is 12.4. The second kappa shape index (κ2) is 8.34. The third-order valence-corrected chi connectivity index (χ3v) is 3.84. The monoisotopic (exact) mass is 340 g/mol. The second-order valence-electron chi connectivity index (χ2n) is 6.10. The lowest BCUT2D eigenvalue weighted by Crippen LogP contribution is -2.34. The van der Waals surface area contributed by atoms with E-state index in [1.165, 1.54) is 6.92 Å². The van der Waals surface area contributed by atoms with Crippen LogP contribution in [0.4, 0.5) is 0 Å². The summed E-state index contributed by atoms with van der Waals surface area (Å²) >= 11 is 5.94. The molecule has 23 heavy (non-hydrogen) atoms. The Labute approximate surface area is 143 Å². The van der Waals surface area contributed by atoms with E-state index in [0.717, 1.165) is 5.56 Å². The second-order valence-corrected chi connectivity index (χ2v) is 6.71. The number of carbonyl (C=O) groups excluding carboxylic acids is 2. The minimum Gasteiger partial charge on any atom is -0.475 e. The lowest BCUT2D eigenvalue weighted by molar-refractivity contribution is -0.155. The number of alkyl halides is 1. The van der Waals surface area contributed by atoms with E-state index in [-0.39, 0.29) is 24.1 Å². The minimum absolute atomic E-state index is 0.00102. The first-order chi connectivity index (χ1) is 10.7. The fourth-order valence-electron chi connectivity index (χ4n) is 2.55. The van der Waals surface area contributed by atoms with E-state index in [2.05, 4.69) is 0 Å². The highest BCUT2D eigenvalue weighted by molar-refractivity contribution is 6.19. The van der Waals surface area contributed by atoms with Crippen LogP contribution in [0, 0.1) is 5.41 Å². The molecule has 1 aromatic carbocycles. The van der Waals surface area contributed by atoms with Gasteiger partial charge in [0.05, 0.1) is 12.0 Å². The highest BCUT2D eigenvalue weighted by Gasteiger charge is 2.41. The largest absolute Gasteiger partial charge is 0.475 e. The van der Waals surface area contributed by atoms with Gasteiger partial charge >= 0.3 is 5.97 Å². The summed E-state index contributed by atoms with van der Waals surface area (Å²) in [7, 11) is 0. The van der Waals surface area contributed by atoms with E-state index in [0.29, 0.717) is 12.4 Å². The Kier molecular flexibility index (Phi) is 7.07. The number of ketones is 1. The molecule has 1 rings (SSSR count). The van der Waals surface area contributed by atoms with Crippen LogP contribution in [0.3, 0.4) is 0 Å². The van der Waals surface area contributed by atoms with E-state index < -0.39 is 11.0 Å². The molecule has 0 aliphatic heterocycles. The van der Waals surface area contributed by atoms with Crippen LogP contribution in [-0.2, 0) is 14.3 Å². The lowest BCUT2D eigenvalue weighted by Gasteiger charge is -2.33. The summed E-state index contributed by atoms with van der Waals surface area (Å²) < 4.78 is 10.8. The van der Waals surface area contributed by atoms with E-state index in [4.69, 9.17) is 21.1 Å². The standard InChI is InChI=1S/C18H25ClO4/c1-6-22-17(21)18(4,5)15(11-12(2)20)14-9-7-8-10-16(14)23-13(3)19/h7-10,13,15H,6,11H2,1-5H3. The normalized spacial score (nSPS) is 14.0. The van der Waals surface area contributed by atoms with Gasteiger partial charge in [-0.3, -0.25) is 4.79 Å². The van der Waals surface area contributed by atoms with E-state index in [9.17, 15) is 9.59 Å². The average molecular weight is 341 g/mol. The van der Waals surface area contributed by atoms with Crippen molar-refractivity contribution >= 4 is 23.4 Å². The first-order valence-electron chi connectivity index (χ1n) is 7.76. The first kappa shape index (κ1) is 19.5. The van der Waals surface area contributed by atoms with Gasteiger partial charge in [0, 0.05) is 12.3 Å². The number of ether oxygens (including phenoxy) is 2. The van der Waals surface area contributed by atoms with E-state index in [1.807, 2.05) is 18.2 Å². The fraction of sp³-hybridized carbons (Fsp3) is 0.556. The number of halogens is 1. The van der Waals surface area contributed by atoms with Crippen LogP contribution >= 0.6 is 11.6 Å². The van der Waals surface area contributed by atoms with Crippen molar-refractivity contribution < 1.29 is 19.1 Å². The van der Waals surface area contributed by atoms with Crippen LogP contribution in [0.25, 0.3) is 0 Å². The van der Waals surface area contributed by atoms with Gasteiger partial charge in [-0.25, -0.2) is 0 Å². The number of hydrogen-bond donors (Lipinski definition) is 0. The lowest BCUT2D eigenvalue weighted by atomic mass is 9.72. The van der Waals surface area contributed by atoms with Crippen molar-refractivity contribution in [2.24, 2.45) is 5.41 Å². The zero-order chi connectivity index (χ0) is 17.6. The summed E-state index contributed by atoms with van der Waals surface area (Å²) in [6.45, 7) is 8.88. The van der Waals surface area contributed by atoms with Gasteiger partial charge in [-0.2, -0.15) is 0 Å². The molecule has 0 heterocycles. The fourth-order valence-corrected chi connectivity index (χ4v) is 2.65. The van der Waals surface area contributed by atoms with Crippen LogP contribution in [0.1, 0.15) is 52.5 Å². The molecule has 0 bridgehead atoms. The summed E-state index contributed by atoms with van der Waals surface area (Å²) in [6.07, 6.45) is 0.225. The molecular weight excluding hydrogens is 316 g/mol. The Morgan fingerprint density at radius 3 is 2.39 bits per heavy atom. The van der Waals surface area contributed by atoms with E-state index >= 15 is 0 Å². The predicted molar refractivity (Wildman–Crippen MR) is 90.8 cm³/mol. The molecule has 0 N–H and O–H groups in total. The number of carbonyl (C=O) groups is 2. The molecule has 128 valence electrons. The van der Waals surface area contributed by atoms with Crippen molar-refractivity contribution in [1.29, 1.82) is 0 Å². The number of esters is 1. The molecule has 0 amide bonds. The number of Topliss-reactive ketones (excluding diaryl/α,β-unsaturated/α-hetero) is 1. The van der Waals surface area contributed by atoms with Gasteiger partial charge < -0.3 is 14.3 Å². The summed E-state index contributed by atoms with van der Waals surface area (Å²) in [4.78, 5) is 24.2. The molecule has 0 aliphatic rings. The quantitative estimate of drug-likeness (QED) is 0.523. The van der Waals surface area contributed by atoms with Crippen molar-refractivity contribution in [3.05, 3.63) is 29.8 Å². The van der Waals surface area contributed by atoms with Crippen LogP contribution in [-0.4, -0.2) is 23.9 Å². The molecule has 2 atom stereocenters. The third-order valence-electron chi connectivity index (χ3n) is 3.75. The SMILES string of the molecule is CCOC(=O)C(C)(C)C(CC(C)=O)c1ccccc1OC(C)Cl. The topological polar surface area (TPSA) is 52.6 Å². The Balaban J connectivity index is 3.32. The molecule has 0 spiro atoms. The van der Waals surface area contributed by atoms with Crippen molar-refractivity contribution in [2.45, 2.75) is 52.5 Å². The van der Waals surface area contributed by atoms with Crippen molar-refractivity contribution in [2.75, 3.05) is 6.61 Å². The zero-order valence-corrected chi connectivity index (χ0v) is 15.1. The van der Waals surface area contributed by atoms with E-state index in [1.54, 1.807) is 33.8 Å². The molecule has 0 aromatic heterocycles. The molecule has 5 heteroatoms. The summed E-state index contributed by atoms with van der Waals surface area (Å²) in [5.41, 5.74) is -0.593. The van der Waals surface area contributed by atoms with Crippen LogP contribution in [0.2, 0.25) is 0 Å². The van der Waals surface area contributed by atoms with Gasteiger partial charge in [-0.15, -0.1) is 0 Å². The molecule has 0 saturated heterocycles. The van der Waals surface area contributed by atoms with Gasteiger partial charge in [0.2, 0.25) is 0 Å².